The minimum absolute atomic E-state index is 0.303. The van der Waals surface area contributed by atoms with Gasteiger partial charge in [-0.15, -0.1) is 0 Å². The van der Waals surface area contributed by atoms with Crippen molar-refractivity contribution in [1.29, 1.82) is 0 Å². The fraction of sp³-hybridized carbons (Fsp3) is 0.222. The molecule has 2 fully saturated rings. The molecule has 144 valence electrons. The van der Waals surface area contributed by atoms with Crippen LogP contribution in [0.15, 0.2) is 35.4 Å². The molecule has 7 nitrogen and oxygen atoms in total. The Morgan fingerprint density at radius 3 is 2.57 bits per heavy atom. The fourth-order valence-corrected chi connectivity index (χ4v) is 3.86. The van der Waals surface area contributed by atoms with E-state index >= 15 is 0 Å². The Morgan fingerprint density at radius 1 is 1.14 bits per heavy atom. The van der Waals surface area contributed by atoms with Crippen molar-refractivity contribution in [2.24, 2.45) is 0 Å². The quantitative estimate of drug-likeness (QED) is 0.766. The summed E-state index contributed by atoms with van der Waals surface area (Å²) in [5, 5.41) is 2.19. The molecule has 0 atom stereocenters. The molecule has 2 aliphatic rings. The van der Waals surface area contributed by atoms with Gasteiger partial charge in [0, 0.05) is 37.4 Å². The van der Waals surface area contributed by atoms with E-state index < -0.39 is 11.1 Å². The van der Waals surface area contributed by atoms with Crippen LogP contribution in [0.2, 0.25) is 5.02 Å². The predicted octanol–water partition coefficient (Wildman–Crippen LogP) is 2.92. The first-order chi connectivity index (χ1) is 13.5. The van der Waals surface area contributed by atoms with Gasteiger partial charge in [-0.25, -0.2) is 14.4 Å². The molecule has 2 aliphatic heterocycles. The maximum atomic E-state index is 14.1. The summed E-state index contributed by atoms with van der Waals surface area (Å²) in [4.78, 5) is 36.0. The van der Waals surface area contributed by atoms with Gasteiger partial charge in [0.2, 0.25) is 5.95 Å². The number of piperazine rings is 1. The first kappa shape index (κ1) is 18.7. The topological polar surface area (TPSA) is 78.4 Å². The number of nitrogens with zero attached hydrogens (tertiary/aromatic N) is 4. The Bertz CT molecular complexity index is 978. The van der Waals surface area contributed by atoms with Gasteiger partial charge in [0.1, 0.15) is 5.82 Å². The maximum Gasteiger partial charge on any atom is 0.290 e. The molecule has 2 aromatic rings. The van der Waals surface area contributed by atoms with E-state index in [1.807, 2.05) is 9.80 Å². The third kappa shape index (κ3) is 3.95. The molecule has 0 radical (unpaired) electrons. The SMILES string of the molecule is O=C1NC(=O)C(=Cc2ccnc(N3CCN(c4ccc(Cl)cc4F)CC3)n2)S1. The van der Waals surface area contributed by atoms with Gasteiger partial charge in [-0.3, -0.25) is 14.9 Å². The van der Waals surface area contributed by atoms with Crippen molar-refractivity contribution in [3.63, 3.8) is 0 Å². The first-order valence-electron chi connectivity index (χ1n) is 8.52. The van der Waals surface area contributed by atoms with Crippen LogP contribution < -0.4 is 15.1 Å². The second-order valence-electron chi connectivity index (χ2n) is 6.20. The highest BCUT2D eigenvalue weighted by Gasteiger charge is 2.25. The van der Waals surface area contributed by atoms with E-state index in [1.165, 1.54) is 6.07 Å². The highest BCUT2D eigenvalue weighted by Crippen LogP contribution is 2.26. The van der Waals surface area contributed by atoms with Crippen molar-refractivity contribution >= 4 is 52.2 Å². The number of benzene rings is 1. The molecular formula is C18H15ClFN5O2S. The van der Waals surface area contributed by atoms with E-state index in [0.717, 1.165) is 11.8 Å². The van der Waals surface area contributed by atoms with E-state index in [1.54, 1.807) is 30.5 Å². The highest BCUT2D eigenvalue weighted by molar-refractivity contribution is 8.18. The van der Waals surface area contributed by atoms with Crippen molar-refractivity contribution < 1.29 is 14.0 Å². The monoisotopic (exact) mass is 419 g/mol. The lowest BCUT2D eigenvalue weighted by molar-refractivity contribution is -0.115. The van der Waals surface area contributed by atoms with E-state index in [-0.39, 0.29) is 5.82 Å². The lowest BCUT2D eigenvalue weighted by atomic mass is 10.2. The van der Waals surface area contributed by atoms with Gasteiger partial charge >= 0.3 is 0 Å². The number of thioether (sulfide) groups is 1. The molecule has 10 heteroatoms. The standard InChI is InChI=1S/C18H15ClFN5O2S/c19-11-1-2-14(13(20)9-11)24-5-7-25(8-6-24)17-21-4-3-12(22-17)10-15-16(26)23-18(27)28-15/h1-4,9-10H,5-8H2,(H,23,26,27). The number of amides is 2. The largest absolute Gasteiger partial charge is 0.366 e. The molecule has 1 aromatic heterocycles. The minimum Gasteiger partial charge on any atom is -0.366 e. The summed E-state index contributed by atoms with van der Waals surface area (Å²) in [7, 11) is 0. The van der Waals surface area contributed by atoms with Crippen LogP contribution in [0.3, 0.4) is 0 Å². The van der Waals surface area contributed by atoms with Crippen LogP contribution in [0.4, 0.5) is 20.8 Å². The van der Waals surface area contributed by atoms with Crippen LogP contribution in [-0.2, 0) is 4.79 Å². The molecule has 2 saturated heterocycles. The number of halogens is 2. The van der Waals surface area contributed by atoms with Crippen LogP contribution in [0.5, 0.6) is 0 Å². The second-order valence-corrected chi connectivity index (χ2v) is 7.65. The summed E-state index contributed by atoms with van der Waals surface area (Å²) in [5.74, 6) is -0.234. The van der Waals surface area contributed by atoms with Crippen LogP contribution in [0.25, 0.3) is 6.08 Å². The molecule has 0 aliphatic carbocycles. The molecule has 2 amide bonds. The Hall–Kier alpha value is -2.65. The predicted molar refractivity (Wildman–Crippen MR) is 107 cm³/mol. The smallest absolute Gasteiger partial charge is 0.290 e. The zero-order chi connectivity index (χ0) is 19.7. The van der Waals surface area contributed by atoms with Crippen LogP contribution in [0, 0.1) is 5.82 Å². The third-order valence-corrected chi connectivity index (χ3v) is 5.44. The lowest BCUT2D eigenvalue weighted by Gasteiger charge is -2.36. The summed E-state index contributed by atoms with van der Waals surface area (Å²) in [6.07, 6.45) is 3.18. The molecule has 0 saturated carbocycles. The number of carbonyl (C=O) groups is 2. The highest BCUT2D eigenvalue weighted by atomic mass is 35.5. The van der Waals surface area contributed by atoms with E-state index in [2.05, 4.69) is 15.3 Å². The fourth-order valence-electron chi connectivity index (χ4n) is 3.04. The summed E-state index contributed by atoms with van der Waals surface area (Å²) in [6.45, 7) is 2.46. The van der Waals surface area contributed by atoms with Gasteiger partial charge < -0.3 is 9.80 Å². The van der Waals surface area contributed by atoms with E-state index in [0.29, 0.717) is 53.4 Å². The Kier molecular flexibility index (Phi) is 5.19. The first-order valence-corrected chi connectivity index (χ1v) is 9.72. The van der Waals surface area contributed by atoms with Crippen molar-refractivity contribution in [2.45, 2.75) is 0 Å². The molecule has 0 bridgehead atoms. The van der Waals surface area contributed by atoms with Gasteiger partial charge in [0.25, 0.3) is 11.1 Å². The molecule has 1 N–H and O–H groups in total. The molecule has 0 spiro atoms. The summed E-state index contributed by atoms with van der Waals surface area (Å²) in [6, 6.07) is 6.34. The summed E-state index contributed by atoms with van der Waals surface area (Å²) >= 11 is 6.66. The molecule has 4 rings (SSSR count). The van der Waals surface area contributed by atoms with Crippen molar-refractivity contribution in [3.8, 4) is 0 Å². The number of rotatable bonds is 3. The third-order valence-electron chi connectivity index (χ3n) is 4.40. The second kappa shape index (κ2) is 7.76. The van der Waals surface area contributed by atoms with Crippen LogP contribution >= 0.6 is 23.4 Å². The number of hydrogen-bond donors (Lipinski definition) is 1. The lowest BCUT2D eigenvalue weighted by Crippen LogP contribution is -2.47. The Labute approximate surface area is 169 Å². The molecule has 28 heavy (non-hydrogen) atoms. The number of carbonyl (C=O) groups excluding carboxylic acids is 2. The average Bonchev–Trinajstić information content (AvgIpc) is 2.99. The average molecular weight is 420 g/mol. The zero-order valence-corrected chi connectivity index (χ0v) is 16.1. The van der Waals surface area contributed by atoms with Gasteiger partial charge in [-0.1, -0.05) is 11.6 Å². The molecule has 1 aromatic carbocycles. The number of imide groups is 1. The van der Waals surface area contributed by atoms with Crippen LogP contribution in [0.1, 0.15) is 5.69 Å². The minimum atomic E-state index is -0.422. The molecular weight excluding hydrogens is 405 g/mol. The van der Waals surface area contributed by atoms with E-state index in [9.17, 15) is 14.0 Å². The van der Waals surface area contributed by atoms with Gasteiger partial charge in [0.05, 0.1) is 16.3 Å². The van der Waals surface area contributed by atoms with E-state index in [4.69, 9.17) is 11.6 Å². The zero-order valence-electron chi connectivity index (χ0n) is 14.6. The number of anilines is 2. The number of aromatic nitrogens is 2. The molecule has 0 unspecified atom stereocenters. The Balaban J connectivity index is 1.46. The molecule has 3 heterocycles. The summed E-state index contributed by atoms with van der Waals surface area (Å²) < 4.78 is 14.1. The summed E-state index contributed by atoms with van der Waals surface area (Å²) in [5.41, 5.74) is 1.07. The van der Waals surface area contributed by atoms with Gasteiger partial charge in [-0.2, -0.15) is 0 Å². The van der Waals surface area contributed by atoms with Crippen LogP contribution in [-0.4, -0.2) is 47.3 Å². The van der Waals surface area contributed by atoms with Crippen molar-refractivity contribution in [2.75, 3.05) is 36.0 Å². The number of hydrogen-bond acceptors (Lipinski definition) is 7. The maximum absolute atomic E-state index is 14.1. The Morgan fingerprint density at radius 2 is 1.89 bits per heavy atom. The van der Waals surface area contributed by atoms with Gasteiger partial charge in [0.15, 0.2) is 0 Å². The number of nitrogens with one attached hydrogen (secondary N) is 1. The van der Waals surface area contributed by atoms with Gasteiger partial charge in [-0.05, 0) is 42.1 Å². The van der Waals surface area contributed by atoms with Crippen molar-refractivity contribution in [1.82, 2.24) is 15.3 Å². The van der Waals surface area contributed by atoms with Crippen molar-refractivity contribution in [3.05, 3.63) is 51.9 Å². The normalized spacial score (nSPS) is 18.7.